The highest BCUT2D eigenvalue weighted by Gasteiger charge is 2.32. The zero-order valence-electron chi connectivity index (χ0n) is 14.0. The van der Waals surface area contributed by atoms with E-state index in [1.807, 2.05) is 0 Å². The van der Waals surface area contributed by atoms with E-state index < -0.39 is 0 Å². The van der Waals surface area contributed by atoms with Crippen LogP contribution in [0.25, 0.3) is 0 Å². The first kappa shape index (κ1) is 15.8. The van der Waals surface area contributed by atoms with Gasteiger partial charge in [-0.15, -0.1) is 0 Å². The standard InChI is InChI=1S/C18H35N3/c1-16-14-21-12-6-5-10-18(21)15-20(16)13-7-11-19-17-8-3-2-4-9-17/h16-19H,2-15H2,1H3. The molecule has 2 atom stereocenters. The topological polar surface area (TPSA) is 18.5 Å². The minimum Gasteiger partial charge on any atom is -0.314 e. The number of nitrogens with zero attached hydrogens (tertiary/aromatic N) is 2. The van der Waals surface area contributed by atoms with Crippen molar-refractivity contribution in [2.45, 2.75) is 82.8 Å². The molecule has 2 unspecified atom stereocenters. The van der Waals surface area contributed by atoms with E-state index in [0.29, 0.717) is 0 Å². The molecule has 2 heterocycles. The van der Waals surface area contributed by atoms with Gasteiger partial charge in [-0.1, -0.05) is 25.7 Å². The Bertz CT molecular complexity index is 301. The molecular weight excluding hydrogens is 258 g/mol. The van der Waals surface area contributed by atoms with E-state index in [-0.39, 0.29) is 0 Å². The maximum Gasteiger partial charge on any atom is 0.0223 e. The zero-order valence-corrected chi connectivity index (χ0v) is 14.0. The van der Waals surface area contributed by atoms with E-state index >= 15 is 0 Å². The summed E-state index contributed by atoms with van der Waals surface area (Å²) in [4.78, 5) is 5.51. The summed E-state index contributed by atoms with van der Waals surface area (Å²) in [6, 6.07) is 2.45. The Morgan fingerprint density at radius 3 is 2.62 bits per heavy atom. The van der Waals surface area contributed by atoms with E-state index in [1.165, 1.54) is 90.5 Å². The maximum atomic E-state index is 3.80. The number of hydrogen-bond acceptors (Lipinski definition) is 3. The monoisotopic (exact) mass is 293 g/mol. The van der Waals surface area contributed by atoms with Crippen molar-refractivity contribution in [1.82, 2.24) is 15.1 Å². The van der Waals surface area contributed by atoms with Crippen molar-refractivity contribution >= 4 is 0 Å². The largest absolute Gasteiger partial charge is 0.314 e. The first-order valence-corrected chi connectivity index (χ1v) is 9.54. The van der Waals surface area contributed by atoms with Crippen molar-refractivity contribution in [3.8, 4) is 0 Å². The van der Waals surface area contributed by atoms with E-state index in [9.17, 15) is 0 Å². The van der Waals surface area contributed by atoms with Gasteiger partial charge in [0, 0.05) is 31.2 Å². The molecule has 21 heavy (non-hydrogen) atoms. The summed E-state index contributed by atoms with van der Waals surface area (Å²) in [5.41, 5.74) is 0. The summed E-state index contributed by atoms with van der Waals surface area (Å²) in [6.45, 7) is 8.93. The molecule has 3 rings (SSSR count). The summed E-state index contributed by atoms with van der Waals surface area (Å²) >= 11 is 0. The summed E-state index contributed by atoms with van der Waals surface area (Å²) in [5.74, 6) is 0. The molecule has 1 N–H and O–H groups in total. The van der Waals surface area contributed by atoms with Crippen LogP contribution in [0.2, 0.25) is 0 Å². The molecule has 0 amide bonds. The third-order valence-corrected chi connectivity index (χ3v) is 5.98. The highest BCUT2D eigenvalue weighted by Crippen LogP contribution is 2.24. The molecule has 0 aromatic heterocycles. The van der Waals surface area contributed by atoms with Crippen LogP contribution in [0.15, 0.2) is 0 Å². The van der Waals surface area contributed by atoms with Crippen LogP contribution in [0.3, 0.4) is 0 Å². The molecule has 3 heteroatoms. The first-order valence-electron chi connectivity index (χ1n) is 9.54. The van der Waals surface area contributed by atoms with Gasteiger partial charge in [0.1, 0.15) is 0 Å². The molecule has 3 aliphatic rings. The SMILES string of the molecule is CC1CN2CCCCC2CN1CCCNC1CCCCC1. The predicted molar refractivity (Wildman–Crippen MR) is 89.7 cm³/mol. The van der Waals surface area contributed by atoms with E-state index in [0.717, 1.165) is 18.1 Å². The van der Waals surface area contributed by atoms with Crippen LogP contribution in [0.1, 0.15) is 64.7 Å². The number of fused-ring (bicyclic) bond motifs is 1. The molecule has 2 aliphatic heterocycles. The minimum absolute atomic E-state index is 0.758. The van der Waals surface area contributed by atoms with Crippen LogP contribution < -0.4 is 5.32 Å². The van der Waals surface area contributed by atoms with Crippen molar-refractivity contribution in [2.24, 2.45) is 0 Å². The molecule has 3 fully saturated rings. The molecular formula is C18H35N3. The van der Waals surface area contributed by atoms with Gasteiger partial charge >= 0.3 is 0 Å². The normalized spacial score (nSPS) is 33.0. The summed E-state index contributed by atoms with van der Waals surface area (Å²) in [5, 5.41) is 3.80. The lowest BCUT2D eigenvalue weighted by molar-refractivity contribution is 0.0148. The van der Waals surface area contributed by atoms with Gasteiger partial charge in [0.15, 0.2) is 0 Å². The maximum absolute atomic E-state index is 3.80. The molecule has 0 spiro atoms. The highest BCUT2D eigenvalue weighted by atomic mass is 15.3. The average Bonchev–Trinajstić information content (AvgIpc) is 2.53. The molecule has 1 aliphatic carbocycles. The fourth-order valence-corrected chi connectivity index (χ4v) is 4.62. The van der Waals surface area contributed by atoms with Gasteiger partial charge in [-0.3, -0.25) is 9.80 Å². The Kier molecular flexibility index (Phi) is 5.96. The smallest absolute Gasteiger partial charge is 0.0223 e. The van der Waals surface area contributed by atoms with Crippen molar-refractivity contribution in [1.29, 1.82) is 0 Å². The average molecular weight is 293 g/mol. The second kappa shape index (κ2) is 7.94. The lowest BCUT2D eigenvalue weighted by Crippen LogP contribution is -2.58. The molecule has 0 aromatic carbocycles. The molecule has 3 nitrogen and oxygen atoms in total. The van der Waals surface area contributed by atoms with Crippen molar-refractivity contribution in [2.75, 3.05) is 32.7 Å². The lowest BCUT2D eigenvalue weighted by atomic mass is 9.95. The van der Waals surface area contributed by atoms with Gasteiger partial charge in [0.25, 0.3) is 0 Å². The lowest BCUT2D eigenvalue weighted by Gasteiger charge is -2.47. The predicted octanol–water partition coefficient (Wildman–Crippen LogP) is 2.86. The molecule has 2 saturated heterocycles. The van der Waals surface area contributed by atoms with Gasteiger partial charge in [0.05, 0.1) is 0 Å². The van der Waals surface area contributed by atoms with Crippen LogP contribution in [-0.4, -0.2) is 60.6 Å². The zero-order chi connectivity index (χ0) is 14.5. The highest BCUT2D eigenvalue weighted by molar-refractivity contribution is 4.89. The molecule has 0 bridgehead atoms. The number of piperidine rings is 1. The van der Waals surface area contributed by atoms with Gasteiger partial charge in [-0.2, -0.15) is 0 Å². The van der Waals surface area contributed by atoms with Gasteiger partial charge in [-0.05, 0) is 58.7 Å². The third kappa shape index (κ3) is 4.43. The first-order chi connectivity index (χ1) is 10.3. The minimum atomic E-state index is 0.758. The van der Waals surface area contributed by atoms with E-state index in [2.05, 4.69) is 22.0 Å². The fraction of sp³-hybridized carbons (Fsp3) is 1.00. The number of rotatable bonds is 5. The third-order valence-electron chi connectivity index (χ3n) is 5.98. The number of piperazine rings is 1. The molecule has 0 aromatic rings. The number of hydrogen-bond donors (Lipinski definition) is 1. The Balaban J connectivity index is 1.34. The van der Waals surface area contributed by atoms with Crippen molar-refractivity contribution < 1.29 is 0 Å². The Hall–Kier alpha value is -0.120. The van der Waals surface area contributed by atoms with E-state index in [1.54, 1.807) is 0 Å². The van der Waals surface area contributed by atoms with Gasteiger partial charge in [-0.25, -0.2) is 0 Å². The second-order valence-corrected chi connectivity index (χ2v) is 7.63. The molecule has 122 valence electrons. The van der Waals surface area contributed by atoms with Crippen LogP contribution in [0.5, 0.6) is 0 Å². The van der Waals surface area contributed by atoms with Gasteiger partial charge < -0.3 is 5.32 Å². The quantitative estimate of drug-likeness (QED) is 0.786. The fourth-order valence-electron chi connectivity index (χ4n) is 4.62. The van der Waals surface area contributed by atoms with Crippen LogP contribution in [0.4, 0.5) is 0 Å². The summed E-state index contributed by atoms with van der Waals surface area (Å²) in [6.07, 6.45) is 12.8. The Morgan fingerprint density at radius 2 is 1.76 bits per heavy atom. The summed E-state index contributed by atoms with van der Waals surface area (Å²) < 4.78 is 0. The van der Waals surface area contributed by atoms with Crippen LogP contribution in [0, 0.1) is 0 Å². The van der Waals surface area contributed by atoms with Crippen molar-refractivity contribution in [3.05, 3.63) is 0 Å². The van der Waals surface area contributed by atoms with Crippen LogP contribution in [-0.2, 0) is 0 Å². The number of nitrogens with one attached hydrogen (secondary N) is 1. The Labute approximate surface area is 131 Å². The second-order valence-electron chi connectivity index (χ2n) is 7.63. The van der Waals surface area contributed by atoms with Gasteiger partial charge in [0.2, 0.25) is 0 Å². The summed E-state index contributed by atoms with van der Waals surface area (Å²) in [7, 11) is 0. The van der Waals surface area contributed by atoms with Crippen LogP contribution >= 0.6 is 0 Å². The molecule has 1 saturated carbocycles. The van der Waals surface area contributed by atoms with Crippen molar-refractivity contribution in [3.63, 3.8) is 0 Å². The Morgan fingerprint density at radius 1 is 0.952 bits per heavy atom. The molecule has 0 radical (unpaired) electrons. The van der Waals surface area contributed by atoms with E-state index in [4.69, 9.17) is 0 Å².